The third kappa shape index (κ3) is 2.46. The molecule has 0 saturated carbocycles. The number of fused-ring (bicyclic) bond motifs is 3. The Bertz CT molecular complexity index is 1260. The summed E-state index contributed by atoms with van der Waals surface area (Å²) in [5, 5.41) is 2.47. The number of hydrogen-bond donors (Lipinski definition) is 0. The van der Waals surface area contributed by atoms with E-state index in [2.05, 4.69) is 30.1 Å². The Morgan fingerprint density at radius 1 is 1.11 bits per heavy atom. The molecule has 2 heterocycles. The maximum Gasteiger partial charge on any atom is 0.215 e. The number of halogens is 1. The molecular formula is C23H22FN2Si+. The Kier molecular flexibility index (Phi) is 3.11. The summed E-state index contributed by atoms with van der Waals surface area (Å²) in [5.74, 6) is -0.717. The number of hydrogen-bond acceptors (Lipinski definition) is 0. The van der Waals surface area contributed by atoms with Crippen molar-refractivity contribution >= 4 is 24.1 Å². The van der Waals surface area contributed by atoms with Crippen LogP contribution in [0.15, 0.2) is 42.6 Å². The van der Waals surface area contributed by atoms with E-state index < -0.39 is 20.7 Å². The molecule has 4 heteroatoms. The molecule has 0 amide bonds. The third-order valence-corrected chi connectivity index (χ3v) is 9.17. The first-order chi connectivity index (χ1) is 14.0. The molecule has 1 aliphatic rings. The van der Waals surface area contributed by atoms with Gasteiger partial charge in [-0.2, -0.15) is 0 Å². The summed E-state index contributed by atoms with van der Waals surface area (Å²) in [4.78, 5) is 3.58. The number of rotatable bonds is 1. The number of aryl methyl sites for hydroxylation is 3. The average Bonchev–Trinajstić information content (AvgIpc) is 2.89. The summed E-state index contributed by atoms with van der Waals surface area (Å²) in [6.45, 7) is 11.4. The fourth-order valence-electron chi connectivity index (χ4n) is 4.29. The van der Waals surface area contributed by atoms with Crippen molar-refractivity contribution in [1.29, 1.82) is 0 Å². The zero-order chi connectivity index (χ0) is 22.0. The Morgan fingerprint density at radius 3 is 2.59 bits per heavy atom. The molecule has 0 N–H and O–H groups in total. The molecule has 3 aromatic rings. The predicted octanol–water partition coefficient (Wildman–Crippen LogP) is 4.29. The largest absolute Gasteiger partial charge is 0.238 e. The molecule has 1 aliphatic heterocycles. The van der Waals surface area contributed by atoms with E-state index >= 15 is 0 Å². The fraction of sp³-hybridized carbons (Fsp3) is 0.217. The van der Waals surface area contributed by atoms with Gasteiger partial charge in [0, 0.05) is 21.3 Å². The van der Waals surface area contributed by atoms with Gasteiger partial charge in [-0.05, 0) is 46.9 Å². The lowest BCUT2D eigenvalue weighted by Gasteiger charge is -2.22. The van der Waals surface area contributed by atoms with E-state index in [1.165, 1.54) is 22.6 Å². The van der Waals surface area contributed by atoms with Gasteiger partial charge in [0.15, 0.2) is 11.9 Å². The van der Waals surface area contributed by atoms with Gasteiger partial charge < -0.3 is 0 Å². The molecule has 0 saturated heterocycles. The second-order valence-electron chi connectivity index (χ2n) is 7.68. The van der Waals surface area contributed by atoms with Crippen LogP contribution in [-0.4, -0.2) is 8.07 Å². The average molecular weight is 377 g/mol. The van der Waals surface area contributed by atoms with Crippen molar-refractivity contribution in [3.05, 3.63) is 71.0 Å². The second kappa shape index (κ2) is 5.87. The Hall–Kier alpha value is -2.77. The van der Waals surface area contributed by atoms with Crippen LogP contribution in [0.2, 0.25) is 13.1 Å². The van der Waals surface area contributed by atoms with E-state index in [1.54, 1.807) is 11.6 Å². The van der Waals surface area contributed by atoms with Crippen molar-refractivity contribution in [1.82, 2.24) is 0 Å². The first kappa shape index (κ1) is 14.3. The van der Waals surface area contributed by atoms with E-state index in [1.807, 2.05) is 25.1 Å². The number of pyridine rings is 1. The van der Waals surface area contributed by atoms with E-state index in [9.17, 15) is 4.39 Å². The molecule has 0 radical (unpaired) electrons. The molecule has 0 aliphatic carbocycles. The fourth-order valence-corrected chi connectivity index (χ4v) is 7.78. The van der Waals surface area contributed by atoms with Crippen LogP contribution in [0.25, 0.3) is 27.2 Å². The SMILES string of the molecule is [2H]C([2H])([2H])c1c[n+](C)c(-c2c(C)ccc3c2[Si](C)(C)c2ccc([N+]#[C-])cc2-3)cc1F. The highest BCUT2D eigenvalue weighted by Crippen LogP contribution is 2.36. The molecule has 2 aromatic carbocycles. The summed E-state index contributed by atoms with van der Waals surface area (Å²) >= 11 is 0. The van der Waals surface area contributed by atoms with Crippen LogP contribution in [0, 0.1) is 26.2 Å². The van der Waals surface area contributed by atoms with Gasteiger partial charge in [-0.25, -0.2) is 13.8 Å². The molecule has 0 atom stereocenters. The summed E-state index contributed by atoms with van der Waals surface area (Å²) in [6.07, 6.45) is 1.38. The zero-order valence-electron chi connectivity index (χ0n) is 18.8. The summed E-state index contributed by atoms with van der Waals surface area (Å²) in [5.41, 5.74) is 5.14. The van der Waals surface area contributed by atoms with E-state index in [0.717, 1.165) is 22.3 Å². The van der Waals surface area contributed by atoms with Crippen LogP contribution in [-0.2, 0) is 7.05 Å². The van der Waals surface area contributed by atoms with Gasteiger partial charge >= 0.3 is 0 Å². The minimum atomic E-state index is -2.51. The summed E-state index contributed by atoms with van der Waals surface area (Å²) in [7, 11) is -0.356. The Balaban J connectivity index is 2.05. The lowest BCUT2D eigenvalue weighted by Crippen LogP contribution is -2.51. The lowest BCUT2D eigenvalue weighted by molar-refractivity contribution is -0.661. The number of benzene rings is 2. The van der Waals surface area contributed by atoms with Crippen LogP contribution in [0.3, 0.4) is 0 Å². The minimum absolute atomic E-state index is 0.277. The molecule has 0 unspecified atom stereocenters. The van der Waals surface area contributed by atoms with Crippen molar-refractivity contribution in [2.45, 2.75) is 26.9 Å². The van der Waals surface area contributed by atoms with Gasteiger partial charge in [-0.3, -0.25) is 0 Å². The van der Waals surface area contributed by atoms with Crippen LogP contribution in [0.5, 0.6) is 0 Å². The van der Waals surface area contributed by atoms with Crippen molar-refractivity contribution in [3.8, 4) is 22.4 Å². The highest BCUT2D eigenvalue weighted by atomic mass is 28.3. The molecule has 134 valence electrons. The monoisotopic (exact) mass is 376 g/mol. The standard InChI is InChI=1S/C23H22FN2Si/c1-14-7-9-17-18-11-16(25-3)8-10-21(18)27(5,6)23(17)22(14)20-12-19(24)15(2)13-26(20)4/h7-13H,1-2,4-6H3/q+1/i2D3. The summed E-state index contributed by atoms with van der Waals surface area (Å²) < 4.78 is 39.4. The molecule has 2 nitrogen and oxygen atoms in total. The molecule has 1 aromatic heterocycles. The molecule has 4 rings (SSSR count). The lowest BCUT2D eigenvalue weighted by atomic mass is 9.97. The molecule has 0 spiro atoms. The van der Waals surface area contributed by atoms with E-state index in [0.29, 0.717) is 11.4 Å². The smallest absolute Gasteiger partial charge is 0.215 e. The van der Waals surface area contributed by atoms with Gasteiger partial charge in [-0.15, -0.1) is 0 Å². The molecule has 27 heavy (non-hydrogen) atoms. The van der Waals surface area contributed by atoms with Crippen molar-refractivity contribution < 1.29 is 13.1 Å². The topological polar surface area (TPSA) is 8.24 Å². The molecular weight excluding hydrogens is 351 g/mol. The third-order valence-electron chi connectivity index (χ3n) is 5.61. The quantitative estimate of drug-likeness (QED) is 0.340. The maximum absolute atomic E-state index is 14.9. The second-order valence-corrected chi connectivity index (χ2v) is 12.0. The van der Waals surface area contributed by atoms with Gasteiger partial charge in [0.2, 0.25) is 5.69 Å². The Labute approximate surface area is 165 Å². The van der Waals surface area contributed by atoms with Gasteiger partial charge in [0.1, 0.15) is 20.9 Å². The highest BCUT2D eigenvalue weighted by Gasteiger charge is 2.41. The van der Waals surface area contributed by atoms with Crippen LogP contribution in [0.4, 0.5) is 10.1 Å². The van der Waals surface area contributed by atoms with Crippen molar-refractivity contribution in [2.24, 2.45) is 7.05 Å². The van der Waals surface area contributed by atoms with Gasteiger partial charge in [0.05, 0.1) is 6.57 Å². The Morgan fingerprint density at radius 2 is 1.89 bits per heavy atom. The molecule has 0 bridgehead atoms. The van der Waals surface area contributed by atoms with Crippen molar-refractivity contribution in [2.75, 3.05) is 0 Å². The van der Waals surface area contributed by atoms with Gasteiger partial charge in [-0.1, -0.05) is 37.4 Å². The maximum atomic E-state index is 14.9. The minimum Gasteiger partial charge on any atom is -0.238 e. The number of nitrogens with zero attached hydrogens (tertiary/aromatic N) is 2. The van der Waals surface area contributed by atoms with Crippen LogP contribution < -0.4 is 14.9 Å². The number of aromatic nitrogens is 1. The van der Waals surface area contributed by atoms with E-state index in [4.69, 9.17) is 10.7 Å². The van der Waals surface area contributed by atoms with Crippen LogP contribution >= 0.6 is 0 Å². The van der Waals surface area contributed by atoms with Crippen molar-refractivity contribution in [3.63, 3.8) is 0 Å². The normalized spacial score (nSPS) is 15.9. The highest BCUT2D eigenvalue weighted by molar-refractivity contribution is 7.04. The molecule has 0 fully saturated rings. The first-order valence-electron chi connectivity index (χ1n) is 10.3. The van der Waals surface area contributed by atoms with E-state index in [-0.39, 0.29) is 5.56 Å². The summed E-state index contributed by atoms with van der Waals surface area (Å²) in [6, 6.07) is 11.3. The zero-order valence-corrected chi connectivity index (χ0v) is 16.8. The van der Waals surface area contributed by atoms with Gasteiger partial charge in [0.25, 0.3) is 0 Å². The van der Waals surface area contributed by atoms with Crippen LogP contribution in [0.1, 0.15) is 15.2 Å². The predicted molar refractivity (Wildman–Crippen MR) is 111 cm³/mol. The first-order valence-corrected chi connectivity index (χ1v) is 11.8.